The molecule has 10 nitrogen and oxygen atoms in total. The quantitative estimate of drug-likeness (QED) is 0.0832. The zero-order valence-corrected chi connectivity index (χ0v) is 25.2. The van der Waals surface area contributed by atoms with Crippen molar-refractivity contribution in [3.8, 4) is 17.5 Å². The number of nitrogens with two attached hydrogens (primary N) is 1. The molecule has 0 spiro atoms. The molecule has 1 aromatic heterocycles. The first-order chi connectivity index (χ1) is 22.6. The van der Waals surface area contributed by atoms with Gasteiger partial charge in [0.1, 0.15) is 17.3 Å². The van der Waals surface area contributed by atoms with Crippen LogP contribution >= 0.6 is 0 Å². The fourth-order valence-corrected chi connectivity index (χ4v) is 5.02. The summed E-state index contributed by atoms with van der Waals surface area (Å²) in [7, 11) is 0. The first-order valence-electron chi connectivity index (χ1n) is 15.1. The summed E-state index contributed by atoms with van der Waals surface area (Å²) in [6, 6.07) is 16.7. The number of anilines is 2. The van der Waals surface area contributed by atoms with Crippen LogP contribution in [0.15, 0.2) is 66.7 Å². The van der Waals surface area contributed by atoms with Gasteiger partial charge in [-0.25, -0.2) is 9.07 Å². The topological polar surface area (TPSA) is 153 Å². The van der Waals surface area contributed by atoms with Gasteiger partial charge in [-0.1, -0.05) is 18.2 Å². The van der Waals surface area contributed by atoms with Crippen molar-refractivity contribution in [2.45, 2.75) is 25.1 Å². The van der Waals surface area contributed by atoms with E-state index in [1.54, 1.807) is 12.1 Å². The number of carbonyl (C=O) groups excluding carboxylic acids is 1. The Morgan fingerprint density at radius 2 is 1.89 bits per heavy atom. The number of nitrogens with one attached hydrogen (secondary N) is 4. The molecule has 7 N–H and O–H groups in total. The number of halogens is 4. The molecule has 1 aliphatic carbocycles. The number of hydrogen-bond donors (Lipinski definition) is 6. The molecule has 4 aromatic rings. The summed E-state index contributed by atoms with van der Waals surface area (Å²) in [5, 5.41) is 36.1. The molecule has 0 bridgehead atoms. The van der Waals surface area contributed by atoms with Gasteiger partial charge in [0.2, 0.25) is 0 Å². The highest BCUT2D eigenvalue weighted by atomic mass is 19.4. The van der Waals surface area contributed by atoms with Gasteiger partial charge in [0.15, 0.2) is 5.69 Å². The largest absolute Gasteiger partial charge is 0.508 e. The molecule has 1 unspecified atom stereocenters. The smallest absolute Gasteiger partial charge is 0.435 e. The Kier molecular flexibility index (Phi) is 10.4. The summed E-state index contributed by atoms with van der Waals surface area (Å²) in [4.78, 5) is 13.4. The predicted octanol–water partition coefficient (Wildman–Crippen LogP) is 4.91. The summed E-state index contributed by atoms with van der Waals surface area (Å²) in [5.74, 6) is -1.41. The Hall–Kier alpha value is -4.97. The van der Waals surface area contributed by atoms with Crippen LogP contribution in [0, 0.1) is 23.1 Å². The van der Waals surface area contributed by atoms with Crippen molar-refractivity contribution in [3.63, 3.8) is 0 Å². The average molecular weight is 651 g/mol. The van der Waals surface area contributed by atoms with Crippen LogP contribution in [0.4, 0.5) is 28.9 Å². The van der Waals surface area contributed by atoms with Gasteiger partial charge in [-0.2, -0.15) is 23.5 Å². The number of nitrogens with zero attached hydrogens (tertiary/aromatic N) is 3. The second-order valence-corrected chi connectivity index (χ2v) is 11.2. The SMILES string of the molecule is N#Cc1cccc(-n2nc(C(F)(F)F)cc2C(=O)Nc2cc(C(NCC3CC3)c3ccc(NCCNCCN)cc3O)ccc2F)c1. The molecule has 1 atom stereocenters. The number of aromatic nitrogens is 2. The number of rotatable bonds is 14. The number of amides is 1. The molecule has 5 rings (SSSR count). The van der Waals surface area contributed by atoms with Crippen molar-refractivity contribution in [1.29, 1.82) is 5.26 Å². The van der Waals surface area contributed by atoms with Gasteiger partial charge in [0, 0.05) is 49.6 Å². The monoisotopic (exact) mass is 650 g/mol. The lowest BCUT2D eigenvalue weighted by atomic mass is 9.96. The molecule has 1 amide bonds. The van der Waals surface area contributed by atoms with Crippen molar-refractivity contribution in [2.75, 3.05) is 43.4 Å². The van der Waals surface area contributed by atoms with Crippen LogP contribution in [0.5, 0.6) is 5.75 Å². The first-order valence-corrected chi connectivity index (χ1v) is 15.1. The normalized spacial score (nSPS) is 13.6. The number of alkyl halides is 3. The Morgan fingerprint density at radius 3 is 2.60 bits per heavy atom. The van der Waals surface area contributed by atoms with E-state index >= 15 is 4.39 Å². The molecule has 0 saturated heterocycles. The Labute approximate surface area is 268 Å². The van der Waals surface area contributed by atoms with Crippen molar-refractivity contribution in [2.24, 2.45) is 11.7 Å². The van der Waals surface area contributed by atoms with Gasteiger partial charge in [-0.3, -0.25) is 4.79 Å². The molecule has 1 fully saturated rings. The van der Waals surface area contributed by atoms with E-state index in [0.29, 0.717) is 61.5 Å². The highest BCUT2D eigenvalue weighted by Crippen LogP contribution is 2.36. The highest BCUT2D eigenvalue weighted by molar-refractivity contribution is 6.03. The van der Waals surface area contributed by atoms with E-state index in [0.717, 1.165) is 23.6 Å². The van der Waals surface area contributed by atoms with E-state index in [1.165, 1.54) is 36.4 Å². The molecule has 1 aliphatic rings. The fraction of sp³-hybridized carbons (Fsp3) is 0.303. The average Bonchev–Trinajstić information content (AvgIpc) is 3.76. The number of hydrogen-bond acceptors (Lipinski definition) is 8. The van der Waals surface area contributed by atoms with Gasteiger partial charge in [0.25, 0.3) is 5.91 Å². The van der Waals surface area contributed by atoms with Crippen LogP contribution in [0.2, 0.25) is 0 Å². The Bertz CT molecular complexity index is 1760. The van der Waals surface area contributed by atoms with Crippen LogP contribution in [-0.2, 0) is 6.18 Å². The number of nitriles is 1. The fourth-order valence-electron chi connectivity index (χ4n) is 5.02. The zero-order chi connectivity index (χ0) is 33.6. The van der Waals surface area contributed by atoms with Crippen LogP contribution in [0.3, 0.4) is 0 Å². The predicted molar refractivity (Wildman–Crippen MR) is 169 cm³/mol. The van der Waals surface area contributed by atoms with E-state index in [1.807, 2.05) is 12.1 Å². The summed E-state index contributed by atoms with van der Waals surface area (Å²) >= 11 is 0. The van der Waals surface area contributed by atoms with Crippen molar-refractivity contribution in [1.82, 2.24) is 20.4 Å². The number of aromatic hydroxyl groups is 1. The zero-order valence-electron chi connectivity index (χ0n) is 25.2. The van der Waals surface area contributed by atoms with Gasteiger partial charge < -0.3 is 32.1 Å². The maximum absolute atomic E-state index is 15.1. The summed E-state index contributed by atoms with van der Waals surface area (Å²) in [6.07, 6.45) is -2.75. The minimum Gasteiger partial charge on any atom is -0.508 e. The third-order valence-electron chi connectivity index (χ3n) is 7.63. The van der Waals surface area contributed by atoms with Crippen LogP contribution in [-0.4, -0.2) is 53.5 Å². The van der Waals surface area contributed by atoms with Crippen LogP contribution in [0.1, 0.15) is 51.8 Å². The maximum atomic E-state index is 15.1. The molecule has 47 heavy (non-hydrogen) atoms. The Balaban J connectivity index is 1.43. The van der Waals surface area contributed by atoms with Gasteiger partial charge >= 0.3 is 6.18 Å². The Morgan fingerprint density at radius 1 is 1.09 bits per heavy atom. The number of phenolic OH excluding ortho intramolecular Hbond substituents is 1. The third-order valence-corrected chi connectivity index (χ3v) is 7.63. The maximum Gasteiger partial charge on any atom is 0.435 e. The van der Waals surface area contributed by atoms with Gasteiger partial charge in [-0.05, 0) is 67.3 Å². The minimum atomic E-state index is -4.87. The number of carbonyl (C=O) groups is 1. The van der Waals surface area contributed by atoms with Crippen molar-refractivity contribution < 1.29 is 27.5 Å². The highest BCUT2D eigenvalue weighted by Gasteiger charge is 2.36. The number of phenols is 1. The lowest BCUT2D eigenvalue weighted by Crippen LogP contribution is -2.27. The molecule has 0 radical (unpaired) electrons. The van der Waals surface area contributed by atoms with E-state index in [2.05, 4.69) is 26.4 Å². The number of benzene rings is 3. The van der Waals surface area contributed by atoms with Crippen LogP contribution in [0.25, 0.3) is 5.69 Å². The molecular formula is C33H34F4N8O2. The third kappa shape index (κ3) is 8.44. The van der Waals surface area contributed by atoms with Crippen LogP contribution < -0.4 is 27.0 Å². The molecule has 246 valence electrons. The lowest BCUT2D eigenvalue weighted by Gasteiger charge is -2.22. The molecular weight excluding hydrogens is 616 g/mol. The molecule has 1 heterocycles. The molecule has 0 aliphatic heterocycles. The van der Waals surface area contributed by atoms with E-state index < -0.39 is 35.3 Å². The van der Waals surface area contributed by atoms with Crippen molar-refractivity contribution >= 4 is 17.3 Å². The van der Waals surface area contributed by atoms with E-state index in [-0.39, 0.29) is 22.7 Å². The first kappa shape index (κ1) is 33.4. The lowest BCUT2D eigenvalue weighted by molar-refractivity contribution is -0.141. The van der Waals surface area contributed by atoms with E-state index in [4.69, 9.17) is 5.73 Å². The molecule has 3 aromatic carbocycles. The summed E-state index contributed by atoms with van der Waals surface area (Å²) in [5.41, 5.74) is 5.29. The van der Waals surface area contributed by atoms with Crippen molar-refractivity contribution in [3.05, 3.63) is 101 Å². The summed E-state index contributed by atoms with van der Waals surface area (Å²) in [6.45, 7) is 3.14. The minimum absolute atomic E-state index is 0.00342. The van der Waals surface area contributed by atoms with Gasteiger partial charge in [-0.15, -0.1) is 0 Å². The van der Waals surface area contributed by atoms with E-state index in [9.17, 15) is 28.3 Å². The van der Waals surface area contributed by atoms with Gasteiger partial charge in [0.05, 0.1) is 29.0 Å². The molecule has 14 heteroatoms. The molecule has 1 saturated carbocycles. The summed E-state index contributed by atoms with van der Waals surface area (Å²) < 4.78 is 56.8. The standard InChI is InChI=1S/C33H34F4N8O2/c34-26-9-6-22(31(42-19-20-4-5-20)25-8-7-23(16-29(25)46)41-13-12-40-11-10-38)15-27(26)43-32(47)28-17-30(33(35,36)37)44-45(28)24-3-1-2-21(14-24)18-39/h1-3,6-9,14-17,20,31,40-42,46H,4-5,10-13,19,38H2,(H,43,47). The second-order valence-electron chi connectivity index (χ2n) is 11.2. The second kappa shape index (κ2) is 14.6.